The van der Waals surface area contributed by atoms with E-state index in [0.29, 0.717) is 0 Å². The van der Waals surface area contributed by atoms with Gasteiger partial charge in [0.1, 0.15) is 4.75 Å². The van der Waals surface area contributed by atoms with Crippen LogP contribution in [0.15, 0.2) is 4.99 Å². The predicted molar refractivity (Wildman–Crippen MR) is 85.6 cm³/mol. The van der Waals surface area contributed by atoms with Crippen molar-refractivity contribution in [3.63, 3.8) is 0 Å². The Morgan fingerprint density at radius 1 is 1.33 bits per heavy atom. The normalized spacial score (nSPS) is 45.6. The van der Waals surface area contributed by atoms with Crippen molar-refractivity contribution in [1.82, 2.24) is 0 Å². The van der Waals surface area contributed by atoms with E-state index in [4.69, 9.17) is 4.74 Å². The zero-order valence-corrected chi connectivity index (χ0v) is 13.7. The van der Waals surface area contributed by atoms with Crippen LogP contribution in [-0.2, 0) is 9.53 Å². The third kappa shape index (κ3) is 2.48. The maximum Gasteiger partial charge on any atom is 0.263 e. The van der Waals surface area contributed by atoms with Gasteiger partial charge < -0.3 is 4.74 Å². The highest BCUT2D eigenvalue weighted by molar-refractivity contribution is 8.16. The number of amides is 1. The number of nitrogens with zero attached hydrogens (tertiary/aromatic N) is 1. The molecular weight excluding hydrogens is 282 g/mol. The summed E-state index contributed by atoms with van der Waals surface area (Å²) in [7, 11) is 1.77. The summed E-state index contributed by atoms with van der Waals surface area (Å²) in [5, 5.41) is 1.13. The van der Waals surface area contributed by atoms with Crippen LogP contribution in [0.25, 0.3) is 0 Å². The van der Waals surface area contributed by atoms with Crippen molar-refractivity contribution in [3.05, 3.63) is 0 Å². The standard InChI is InChI=1S/C17H25NO2S/c1-20-14-3-2-6-17(10-14)16(19)18-15(21-17)9-13-8-11-4-5-12(13)7-11/h11-14H,2-10H2,1H3/t11-,12+,13-,14?,17?/m1/s1. The van der Waals surface area contributed by atoms with Gasteiger partial charge in [-0.2, -0.15) is 0 Å². The SMILES string of the molecule is COC1CCCC2(C1)SC(C[C@H]1C[C@@H]3CC[C@H]1C3)=NC2=O. The molecule has 2 bridgehead atoms. The third-order valence-electron chi connectivity index (χ3n) is 6.25. The van der Waals surface area contributed by atoms with E-state index >= 15 is 0 Å². The largest absolute Gasteiger partial charge is 0.381 e. The minimum atomic E-state index is -0.272. The Kier molecular flexibility index (Phi) is 3.65. The van der Waals surface area contributed by atoms with Gasteiger partial charge in [0, 0.05) is 7.11 Å². The van der Waals surface area contributed by atoms with Crippen LogP contribution in [0.5, 0.6) is 0 Å². The molecule has 1 heterocycles. The van der Waals surface area contributed by atoms with E-state index in [0.717, 1.165) is 54.9 Å². The van der Waals surface area contributed by atoms with Crippen LogP contribution in [0.3, 0.4) is 0 Å². The summed E-state index contributed by atoms with van der Waals surface area (Å²) in [6, 6.07) is 0. The summed E-state index contributed by atoms with van der Waals surface area (Å²) in [6.07, 6.45) is 11.0. The average Bonchev–Trinajstić information content (AvgIpc) is 3.16. The highest BCUT2D eigenvalue weighted by atomic mass is 32.2. The fraction of sp³-hybridized carbons (Fsp3) is 0.882. The Labute approximate surface area is 131 Å². The van der Waals surface area contributed by atoms with E-state index in [1.807, 2.05) is 0 Å². The topological polar surface area (TPSA) is 38.7 Å². The number of fused-ring (bicyclic) bond motifs is 2. The van der Waals surface area contributed by atoms with Crippen LogP contribution in [-0.4, -0.2) is 28.9 Å². The van der Waals surface area contributed by atoms with Crippen molar-refractivity contribution in [2.75, 3.05) is 7.11 Å². The molecular formula is C17H25NO2S. The van der Waals surface area contributed by atoms with Gasteiger partial charge in [-0.15, -0.1) is 0 Å². The minimum Gasteiger partial charge on any atom is -0.381 e. The molecule has 0 aromatic rings. The van der Waals surface area contributed by atoms with Gasteiger partial charge in [-0.05, 0) is 69.1 Å². The maximum atomic E-state index is 12.5. The number of aliphatic imine (C=N–C) groups is 1. The molecule has 2 unspecified atom stereocenters. The van der Waals surface area contributed by atoms with E-state index < -0.39 is 0 Å². The fourth-order valence-electron chi connectivity index (χ4n) is 5.12. The van der Waals surface area contributed by atoms with Crippen molar-refractivity contribution in [2.45, 2.75) is 68.6 Å². The second-order valence-electron chi connectivity index (χ2n) is 7.50. The molecule has 0 N–H and O–H groups in total. The minimum absolute atomic E-state index is 0.132. The molecule has 0 aromatic carbocycles. The molecule has 3 fully saturated rings. The number of methoxy groups -OCH3 is 1. The van der Waals surface area contributed by atoms with E-state index in [9.17, 15) is 4.79 Å². The van der Waals surface area contributed by atoms with Crippen molar-refractivity contribution in [3.8, 4) is 0 Å². The van der Waals surface area contributed by atoms with Gasteiger partial charge in [0.2, 0.25) is 0 Å². The number of thioether (sulfide) groups is 1. The molecule has 0 aromatic heterocycles. The lowest BCUT2D eigenvalue weighted by atomic mass is 9.85. The number of rotatable bonds is 3. The summed E-state index contributed by atoms with van der Waals surface area (Å²) in [4.78, 5) is 17.0. The smallest absolute Gasteiger partial charge is 0.263 e. The van der Waals surface area contributed by atoms with Crippen LogP contribution in [0, 0.1) is 17.8 Å². The van der Waals surface area contributed by atoms with Gasteiger partial charge >= 0.3 is 0 Å². The summed E-state index contributed by atoms with van der Waals surface area (Å²) in [5.41, 5.74) is 0. The molecule has 1 aliphatic heterocycles. The number of hydrogen-bond acceptors (Lipinski definition) is 3. The highest BCUT2D eigenvalue weighted by Gasteiger charge is 2.49. The van der Waals surface area contributed by atoms with Crippen LogP contribution >= 0.6 is 11.8 Å². The molecule has 5 atom stereocenters. The van der Waals surface area contributed by atoms with Crippen molar-refractivity contribution >= 4 is 22.7 Å². The lowest BCUT2D eigenvalue weighted by Crippen LogP contribution is -2.39. The van der Waals surface area contributed by atoms with Gasteiger partial charge in [0.15, 0.2) is 0 Å². The van der Waals surface area contributed by atoms with Gasteiger partial charge in [-0.3, -0.25) is 4.79 Å². The number of carbonyl (C=O) groups is 1. The molecule has 3 nitrogen and oxygen atoms in total. The lowest BCUT2D eigenvalue weighted by molar-refractivity contribution is -0.121. The second kappa shape index (κ2) is 5.38. The summed E-state index contributed by atoms with van der Waals surface area (Å²) < 4.78 is 5.25. The van der Waals surface area contributed by atoms with E-state index in [-0.39, 0.29) is 16.8 Å². The third-order valence-corrected chi connectivity index (χ3v) is 7.68. The molecule has 3 saturated carbocycles. The quantitative estimate of drug-likeness (QED) is 0.796. The van der Waals surface area contributed by atoms with Crippen LogP contribution in [0.4, 0.5) is 0 Å². The zero-order valence-electron chi connectivity index (χ0n) is 12.8. The molecule has 1 amide bonds. The predicted octanol–water partition coefficient (Wildman–Crippen LogP) is 3.81. The molecule has 4 heteroatoms. The number of ether oxygens (including phenoxy) is 1. The monoisotopic (exact) mass is 307 g/mol. The van der Waals surface area contributed by atoms with Gasteiger partial charge in [-0.25, -0.2) is 4.99 Å². The molecule has 116 valence electrons. The van der Waals surface area contributed by atoms with Crippen molar-refractivity contribution in [1.29, 1.82) is 0 Å². The van der Waals surface area contributed by atoms with Crippen molar-refractivity contribution in [2.24, 2.45) is 22.7 Å². The van der Waals surface area contributed by atoms with E-state index in [2.05, 4.69) is 4.99 Å². The number of carbonyl (C=O) groups excluding carboxylic acids is 1. The summed E-state index contributed by atoms with van der Waals surface area (Å²) >= 11 is 1.80. The van der Waals surface area contributed by atoms with Gasteiger partial charge in [0.25, 0.3) is 5.91 Å². The molecule has 4 rings (SSSR count). The lowest BCUT2D eigenvalue weighted by Gasteiger charge is -2.34. The maximum absolute atomic E-state index is 12.5. The molecule has 3 aliphatic carbocycles. The first-order valence-corrected chi connectivity index (χ1v) is 9.34. The summed E-state index contributed by atoms with van der Waals surface area (Å²) in [6.45, 7) is 0. The van der Waals surface area contributed by atoms with E-state index in [1.54, 1.807) is 18.9 Å². The average molecular weight is 307 g/mol. The molecule has 0 saturated heterocycles. The Morgan fingerprint density at radius 3 is 2.95 bits per heavy atom. The molecule has 21 heavy (non-hydrogen) atoms. The Bertz CT molecular complexity index is 477. The first kappa shape index (κ1) is 14.3. The molecule has 1 spiro atoms. The summed E-state index contributed by atoms with van der Waals surface area (Å²) in [5.74, 6) is 2.83. The van der Waals surface area contributed by atoms with Crippen LogP contribution in [0.2, 0.25) is 0 Å². The van der Waals surface area contributed by atoms with Gasteiger partial charge in [0.05, 0.1) is 11.1 Å². The second-order valence-corrected chi connectivity index (χ2v) is 8.96. The van der Waals surface area contributed by atoms with Crippen LogP contribution < -0.4 is 0 Å². The first-order chi connectivity index (χ1) is 10.2. The first-order valence-electron chi connectivity index (χ1n) is 8.52. The Hall–Kier alpha value is -0.350. The molecule has 0 radical (unpaired) electrons. The Morgan fingerprint density at radius 2 is 2.24 bits per heavy atom. The fourth-order valence-corrected chi connectivity index (χ4v) is 6.65. The van der Waals surface area contributed by atoms with Gasteiger partial charge in [-0.1, -0.05) is 18.2 Å². The van der Waals surface area contributed by atoms with E-state index in [1.165, 1.54) is 25.7 Å². The Balaban J connectivity index is 1.42. The number of hydrogen-bond donors (Lipinski definition) is 0. The highest BCUT2D eigenvalue weighted by Crippen LogP contribution is 2.52. The van der Waals surface area contributed by atoms with Crippen molar-refractivity contribution < 1.29 is 9.53 Å². The van der Waals surface area contributed by atoms with Crippen LogP contribution in [0.1, 0.15) is 57.8 Å². The zero-order chi connectivity index (χ0) is 14.4. The molecule has 4 aliphatic rings.